The SMILES string of the molecule is CCc1cc2c(cc1C(C)(C)C)C(C)(C)c1[nH]c3cc(Br)cc(N4CCC(N5CCN(C6CC6)CC5)CC4)c3c1C2=O. The first-order valence-electron chi connectivity index (χ1n) is 16.3. The first-order chi connectivity index (χ1) is 20.0. The third-order valence-corrected chi connectivity index (χ3v) is 11.2. The molecule has 2 aromatic carbocycles. The number of nitrogens with one attached hydrogen (secondary N) is 1. The number of hydrogen-bond acceptors (Lipinski definition) is 4. The molecule has 0 unspecified atom stereocenters. The van der Waals surface area contributed by atoms with Crippen molar-refractivity contribution in [1.82, 2.24) is 14.8 Å². The van der Waals surface area contributed by atoms with Crippen LogP contribution in [0.1, 0.15) is 106 Å². The zero-order chi connectivity index (χ0) is 29.6. The largest absolute Gasteiger partial charge is 0.371 e. The normalized spacial score (nSPS) is 22.1. The number of aromatic nitrogens is 1. The van der Waals surface area contributed by atoms with Crippen LogP contribution in [-0.4, -0.2) is 71.9 Å². The van der Waals surface area contributed by atoms with Gasteiger partial charge in [-0.05, 0) is 72.4 Å². The van der Waals surface area contributed by atoms with Gasteiger partial charge in [-0.15, -0.1) is 0 Å². The quantitative estimate of drug-likeness (QED) is 0.326. The minimum Gasteiger partial charge on any atom is -0.371 e. The van der Waals surface area contributed by atoms with Crippen LogP contribution in [0.15, 0.2) is 28.7 Å². The van der Waals surface area contributed by atoms with Crippen LogP contribution in [-0.2, 0) is 17.3 Å². The predicted octanol–water partition coefficient (Wildman–Crippen LogP) is 7.41. The van der Waals surface area contributed by atoms with Gasteiger partial charge < -0.3 is 9.88 Å². The Labute approximate surface area is 260 Å². The molecule has 0 bridgehead atoms. The fourth-order valence-electron chi connectivity index (χ4n) is 8.21. The molecule has 1 aromatic heterocycles. The summed E-state index contributed by atoms with van der Waals surface area (Å²) < 4.78 is 1.06. The second-order valence-electron chi connectivity index (χ2n) is 14.9. The summed E-state index contributed by atoms with van der Waals surface area (Å²) in [6.45, 7) is 20.6. The second-order valence-corrected chi connectivity index (χ2v) is 15.8. The maximum absolute atomic E-state index is 14.5. The first kappa shape index (κ1) is 28.6. The average Bonchev–Trinajstić information content (AvgIpc) is 3.74. The van der Waals surface area contributed by atoms with Gasteiger partial charge in [-0.25, -0.2) is 0 Å². The summed E-state index contributed by atoms with van der Waals surface area (Å²) in [7, 11) is 0. The number of piperazine rings is 1. The van der Waals surface area contributed by atoms with Gasteiger partial charge in [0, 0.05) is 89.1 Å². The molecule has 3 heterocycles. The van der Waals surface area contributed by atoms with Gasteiger partial charge in [0.25, 0.3) is 0 Å². The predicted molar refractivity (Wildman–Crippen MR) is 177 cm³/mol. The molecule has 3 aromatic rings. The van der Waals surface area contributed by atoms with Crippen molar-refractivity contribution in [3.63, 3.8) is 0 Å². The number of rotatable bonds is 4. The van der Waals surface area contributed by atoms with Crippen molar-refractivity contribution in [2.45, 2.75) is 96.6 Å². The Morgan fingerprint density at radius 1 is 0.905 bits per heavy atom. The summed E-state index contributed by atoms with van der Waals surface area (Å²) >= 11 is 3.82. The summed E-state index contributed by atoms with van der Waals surface area (Å²) in [4.78, 5) is 26.3. The van der Waals surface area contributed by atoms with Gasteiger partial charge in [-0.1, -0.05) is 63.5 Å². The lowest BCUT2D eigenvalue weighted by atomic mass is 9.68. The van der Waals surface area contributed by atoms with Crippen LogP contribution >= 0.6 is 15.9 Å². The lowest BCUT2D eigenvalue weighted by molar-refractivity contribution is 0.0809. The second kappa shape index (κ2) is 10.2. The Bertz CT molecular complexity index is 1540. The Morgan fingerprint density at radius 2 is 1.52 bits per heavy atom. The molecule has 7 rings (SSSR count). The van der Waals surface area contributed by atoms with Crippen molar-refractivity contribution in [2.75, 3.05) is 44.2 Å². The number of benzene rings is 2. The average molecular weight is 632 g/mol. The number of ketones is 1. The number of nitrogens with zero attached hydrogens (tertiary/aromatic N) is 3. The zero-order valence-electron chi connectivity index (χ0n) is 26.4. The molecular formula is C36H47BrN4O. The van der Waals surface area contributed by atoms with E-state index in [-0.39, 0.29) is 16.6 Å². The fraction of sp³-hybridized carbons (Fsp3) is 0.583. The van der Waals surface area contributed by atoms with Crippen LogP contribution in [0.4, 0.5) is 5.69 Å². The number of piperidine rings is 1. The highest BCUT2D eigenvalue weighted by Crippen LogP contribution is 2.48. The molecule has 0 atom stereocenters. The summed E-state index contributed by atoms with van der Waals surface area (Å²) in [5.74, 6) is 0.174. The Balaban J connectivity index is 1.23. The highest BCUT2D eigenvalue weighted by atomic mass is 79.9. The minimum atomic E-state index is -0.302. The molecule has 2 aliphatic carbocycles. The van der Waals surface area contributed by atoms with Crippen molar-refractivity contribution >= 4 is 38.3 Å². The Morgan fingerprint density at radius 3 is 2.10 bits per heavy atom. The Kier molecular flexibility index (Phi) is 6.95. The molecule has 3 fully saturated rings. The molecule has 1 saturated carbocycles. The fourth-order valence-corrected chi connectivity index (χ4v) is 8.66. The van der Waals surface area contributed by atoms with Crippen molar-refractivity contribution in [3.05, 3.63) is 62.2 Å². The number of fused-ring (bicyclic) bond motifs is 4. The van der Waals surface area contributed by atoms with Crippen molar-refractivity contribution in [1.29, 1.82) is 0 Å². The van der Waals surface area contributed by atoms with Crippen LogP contribution in [0.5, 0.6) is 0 Å². The number of hydrogen-bond donors (Lipinski definition) is 1. The van der Waals surface area contributed by atoms with Crippen LogP contribution in [0, 0.1) is 0 Å². The lowest BCUT2D eigenvalue weighted by Gasteiger charge is -2.43. The maximum atomic E-state index is 14.5. The highest BCUT2D eigenvalue weighted by molar-refractivity contribution is 9.10. The molecule has 0 radical (unpaired) electrons. The summed E-state index contributed by atoms with van der Waals surface area (Å²) in [6.07, 6.45) is 6.11. The van der Waals surface area contributed by atoms with E-state index in [4.69, 9.17) is 0 Å². The van der Waals surface area contributed by atoms with E-state index in [9.17, 15) is 4.79 Å². The molecule has 224 valence electrons. The van der Waals surface area contributed by atoms with Gasteiger partial charge >= 0.3 is 0 Å². The van der Waals surface area contributed by atoms with Crippen molar-refractivity contribution < 1.29 is 4.79 Å². The van der Waals surface area contributed by atoms with Crippen LogP contribution in [0.3, 0.4) is 0 Å². The number of anilines is 1. The summed E-state index contributed by atoms with van der Waals surface area (Å²) in [5.41, 5.74) is 8.59. The molecule has 0 spiro atoms. The molecule has 5 nitrogen and oxygen atoms in total. The van der Waals surface area contributed by atoms with Gasteiger partial charge in [0.05, 0.1) is 5.56 Å². The van der Waals surface area contributed by atoms with Gasteiger partial charge in [0.15, 0.2) is 5.78 Å². The standard InChI is InChI=1S/C36H47BrN4O/c1-7-22-18-26-28(21-27(22)35(2,3)4)36(5,6)34-32(33(26)42)31-29(38-34)19-23(37)20-30(31)41-12-10-25(11-13-41)40-16-14-39(15-17-40)24-8-9-24/h18-21,24-25,38H,7-17H2,1-6H3. The molecule has 2 saturated heterocycles. The third kappa shape index (κ3) is 4.68. The first-order valence-corrected chi connectivity index (χ1v) is 17.1. The minimum absolute atomic E-state index is 0.0230. The Hall–Kier alpha value is -2.15. The molecule has 42 heavy (non-hydrogen) atoms. The summed E-state index contributed by atoms with van der Waals surface area (Å²) in [6, 6.07) is 10.5. The van der Waals surface area contributed by atoms with Crippen LogP contribution in [0.25, 0.3) is 10.9 Å². The van der Waals surface area contributed by atoms with E-state index < -0.39 is 0 Å². The molecule has 6 heteroatoms. The summed E-state index contributed by atoms with van der Waals surface area (Å²) in [5, 5.41) is 1.10. The topological polar surface area (TPSA) is 42.6 Å². The number of carbonyl (C=O) groups is 1. The number of carbonyl (C=O) groups excluding carboxylic acids is 1. The van der Waals surface area contributed by atoms with E-state index in [0.717, 1.165) is 63.3 Å². The third-order valence-electron chi connectivity index (χ3n) is 10.8. The molecule has 2 aliphatic heterocycles. The van der Waals surface area contributed by atoms with Crippen LogP contribution < -0.4 is 4.90 Å². The number of aromatic amines is 1. The molecule has 1 N–H and O–H groups in total. The van der Waals surface area contributed by atoms with Crippen molar-refractivity contribution in [2.24, 2.45) is 0 Å². The molecule has 0 amide bonds. The van der Waals surface area contributed by atoms with E-state index in [1.54, 1.807) is 0 Å². The smallest absolute Gasteiger partial charge is 0.195 e. The maximum Gasteiger partial charge on any atom is 0.195 e. The van der Waals surface area contributed by atoms with Gasteiger partial charge in [0.2, 0.25) is 0 Å². The highest BCUT2D eigenvalue weighted by Gasteiger charge is 2.42. The van der Waals surface area contributed by atoms with Gasteiger partial charge in [0.1, 0.15) is 0 Å². The number of halogens is 1. The lowest BCUT2D eigenvalue weighted by Crippen LogP contribution is -2.53. The van der Waals surface area contributed by atoms with Gasteiger partial charge in [-0.2, -0.15) is 0 Å². The monoisotopic (exact) mass is 630 g/mol. The van der Waals surface area contributed by atoms with E-state index in [1.807, 2.05) is 0 Å². The van der Waals surface area contributed by atoms with Crippen LogP contribution in [0.2, 0.25) is 0 Å². The van der Waals surface area contributed by atoms with Crippen molar-refractivity contribution in [3.8, 4) is 0 Å². The van der Waals surface area contributed by atoms with E-state index in [1.165, 1.54) is 68.7 Å². The van der Waals surface area contributed by atoms with E-state index >= 15 is 0 Å². The molecule has 4 aliphatic rings. The van der Waals surface area contributed by atoms with Gasteiger partial charge in [-0.3, -0.25) is 14.6 Å². The zero-order valence-corrected chi connectivity index (χ0v) is 28.0. The molecular weight excluding hydrogens is 584 g/mol. The number of aryl methyl sites for hydroxylation is 1. The number of H-pyrrole nitrogens is 1. The van der Waals surface area contributed by atoms with E-state index in [0.29, 0.717) is 6.04 Å². The van der Waals surface area contributed by atoms with E-state index in [2.05, 4.69) is 101 Å².